The molecule has 0 aliphatic heterocycles. The van der Waals surface area contributed by atoms with Crippen LogP contribution >= 0.6 is 0 Å². The molecule has 0 saturated carbocycles. The molecule has 1 aromatic carbocycles. The summed E-state index contributed by atoms with van der Waals surface area (Å²) in [6, 6.07) is 10.5. The number of aryl methyl sites for hydroxylation is 1. The Balaban J connectivity index is 2.20. The lowest BCUT2D eigenvalue weighted by Crippen LogP contribution is -2.11. The Morgan fingerprint density at radius 1 is 1.16 bits per heavy atom. The second kappa shape index (κ2) is 6.18. The highest BCUT2D eigenvalue weighted by molar-refractivity contribution is 5.61. The average molecular weight is 256 g/mol. The first-order chi connectivity index (χ1) is 9.24. The second-order valence-electron chi connectivity index (χ2n) is 4.49. The standard InChI is InChI=1S/C15H20N4/c1-4-5-12-6-8-13(9-7-12)19(3)15-10-14(16-2)17-11-18-15/h6-11H,4-5H2,1-3H3,(H,16,17,18). The number of anilines is 3. The van der Waals surface area contributed by atoms with E-state index < -0.39 is 0 Å². The molecule has 0 fully saturated rings. The molecule has 1 aromatic heterocycles. The van der Waals surface area contributed by atoms with Crippen molar-refractivity contribution in [1.29, 1.82) is 0 Å². The summed E-state index contributed by atoms with van der Waals surface area (Å²) in [7, 11) is 3.86. The van der Waals surface area contributed by atoms with E-state index in [4.69, 9.17) is 0 Å². The summed E-state index contributed by atoms with van der Waals surface area (Å²) in [6.07, 6.45) is 3.87. The first-order valence-corrected chi connectivity index (χ1v) is 6.57. The van der Waals surface area contributed by atoms with Crippen LogP contribution in [0.3, 0.4) is 0 Å². The zero-order valence-electron chi connectivity index (χ0n) is 11.7. The molecular weight excluding hydrogens is 236 g/mol. The van der Waals surface area contributed by atoms with Gasteiger partial charge in [0, 0.05) is 25.8 Å². The Labute approximate surface area is 114 Å². The smallest absolute Gasteiger partial charge is 0.138 e. The fourth-order valence-electron chi connectivity index (χ4n) is 1.97. The van der Waals surface area contributed by atoms with Gasteiger partial charge in [0.25, 0.3) is 0 Å². The van der Waals surface area contributed by atoms with Crippen LogP contribution in [0.4, 0.5) is 17.3 Å². The monoisotopic (exact) mass is 256 g/mol. The van der Waals surface area contributed by atoms with Crippen molar-refractivity contribution < 1.29 is 0 Å². The van der Waals surface area contributed by atoms with Crippen molar-refractivity contribution in [1.82, 2.24) is 9.97 Å². The highest BCUT2D eigenvalue weighted by atomic mass is 15.2. The molecule has 4 heteroatoms. The summed E-state index contributed by atoms with van der Waals surface area (Å²) in [5.74, 6) is 1.70. The number of aromatic nitrogens is 2. The van der Waals surface area contributed by atoms with Gasteiger partial charge in [-0.25, -0.2) is 9.97 Å². The second-order valence-corrected chi connectivity index (χ2v) is 4.49. The topological polar surface area (TPSA) is 41.0 Å². The zero-order valence-corrected chi connectivity index (χ0v) is 11.7. The predicted octanol–water partition coefficient (Wildman–Crippen LogP) is 3.24. The molecule has 0 amide bonds. The van der Waals surface area contributed by atoms with Gasteiger partial charge >= 0.3 is 0 Å². The lowest BCUT2D eigenvalue weighted by atomic mass is 10.1. The van der Waals surface area contributed by atoms with Gasteiger partial charge in [-0.3, -0.25) is 0 Å². The lowest BCUT2D eigenvalue weighted by molar-refractivity contribution is 0.921. The molecule has 0 unspecified atom stereocenters. The molecular formula is C15H20N4. The van der Waals surface area contributed by atoms with Crippen LogP contribution in [0.5, 0.6) is 0 Å². The molecule has 0 radical (unpaired) electrons. The zero-order chi connectivity index (χ0) is 13.7. The quantitative estimate of drug-likeness (QED) is 0.891. The molecule has 0 saturated heterocycles. The van der Waals surface area contributed by atoms with Gasteiger partial charge in [-0.2, -0.15) is 0 Å². The van der Waals surface area contributed by atoms with E-state index in [0.29, 0.717) is 0 Å². The van der Waals surface area contributed by atoms with Gasteiger partial charge in [0.05, 0.1) is 0 Å². The highest BCUT2D eigenvalue weighted by Crippen LogP contribution is 2.23. The van der Waals surface area contributed by atoms with Crippen LogP contribution < -0.4 is 10.2 Å². The maximum Gasteiger partial charge on any atom is 0.138 e. The minimum Gasteiger partial charge on any atom is -0.373 e. The molecule has 0 aliphatic rings. The Bertz CT molecular complexity index is 522. The van der Waals surface area contributed by atoms with E-state index in [1.165, 1.54) is 12.0 Å². The van der Waals surface area contributed by atoms with Crippen molar-refractivity contribution in [2.24, 2.45) is 0 Å². The Morgan fingerprint density at radius 3 is 2.53 bits per heavy atom. The van der Waals surface area contributed by atoms with Gasteiger partial charge in [-0.05, 0) is 24.1 Å². The van der Waals surface area contributed by atoms with Gasteiger partial charge in [0.15, 0.2) is 0 Å². The van der Waals surface area contributed by atoms with Crippen molar-refractivity contribution in [3.05, 3.63) is 42.2 Å². The summed E-state index contributed by atoms with van der Waals surface area (Å²) in [5, 5.41) is 3.02. The molecule has 0 aliphatic carbocycles. The van der Waals surface area contributed by atoms with Gasteiger partial charge in [0.2, 0.25) is 0 Å². The van der Waals surface area contributed by atoms with Crippen molar-refractivity contribution in [2.75, 3.05) is 24.3 Å². The summed E-state index contributed by atoms with van der Waals surface area (Å²) >= 11 is 0. The van der Waals surface area contributed by atoms with Crippen LogP contribution in [0.25, 0.3) is 0 Å². The van der Waals surface area contributed by atoms with Crippen LogP contribution in [0, 0.1) is 0 Å². The SMILES string of the molecule is CCCc1ccc(N(C)c2cc(NC)ncn2)cc1. The van der Waals surface area contributed by atoms with Gasteiger partial charge in [0.1, 0.15) is 18.0 Å². The summed E-state index contributed by atoms with van der Waals surface area (Å²) in [5.41, 5.74) is 2.50. The molecule has 0 atom stereocenters. The first kappa shape index (κ1) is 13.3. The van der Waals surface area contributed by atoms with Crippen molar-refractivity contribution >= 4 is 17.3 Å². The normalized spacial score (nSPS) is 10.3. The van der Waals surface area contributed by atoms with E-state index in [-0.39, 0.29) is 0 Å². The molecule has 19 heavy (non-hydrogen) atoms. The minimum atomic E-state index is 0.819. The maximum absolute atomic E-state index is 4.30. The largest absolute Gasteiger partial charge is 0.373 e. The maximum atomic E-state index is 4.30. The molecule has 1 N–H and O–H groups in total. The third-order valence-electron chi connectivity index (χ3n) is 3.11. The van der Waals surface area contributed by atoms with Gasteiger partial charge in [-0.15, -0.1) is 0 Å². The Morgan fingerprint density at radius 2 is 1.89 bits per heavy atom. The van der Waals surface area contributed by atoms with Crippen molar-refractivity contribution in [3.63, 3.8) is 0 Å². The Kier molecular flexibility index (Phi) is 4.34. The number of hydrogen-bond donors (Lipinski definition) is 1. The average Bonchev–Trinajstić information content (AvgIpc) is 2.48. The summed E-state index contributed by atoms with van der Waals surface area (Å²) in [6.45, 7) is 2.19. The molecule has 2 aromatic rings. The molecule has 0 bridgehead atoms. The lowest BCUT2D eigenvalue weighted by Gasteiger charge is -2.18. The van der Waals surface area contributed by atoms with Crippen LogP contribution in [0.1, 0.15) is 18.9 Å². The molecule has 2 rings (SSSR count). The van der Waals surface area contributed by atoms with Crippen molar-refractivity contribution in [2.45, 2.75) is 19.8 Å². The summed E-state index contributed by atoms with van der Waals surface area (Å²) in [4.78, 5) is 10.5. The number of rotatable bonds is 5. The van der Waals surface area contributed by atoms with Crippen molar-refractivity contribution in [3.8, 4) is 0 Å². The number of nitrogens with zero attached hydrogens (tertiary/aromatic N) is 3. The van der Waals surface area contributed by atoms with Crippen LogP contribution in [-0.4, -0.2) is 24.1 Å². The molecule has 100 valence electrons. The summed E-state index contributed by atoms with van der Waals surface area (Å²) < 4.78 is 0. The third kappa shape index (κ3) is 3.22. The fraction of sp³-hybridized carbons (Fsp3) is 0.333. The minimum absolute atomic E-state index is 0.819. The molecule has 0 spiro atoms. The van der Waals surface area contributed by atoms with E-state index >= 15 is 0 Å². The van der Waals surface area contributed by atoms with E-state index in [0.717, 1.165) is 23.7 Å². The number of benzene rings is 1. The molecule has 4 nitrogen and oxygen atoms in total. The first-order valence-electron chi connectivity index (χ1n) is 6.57. The Hall–Kier alpha value is -2.10. The van der Waals surface area contributed by atoms with E-state index in [1.54, 1.807) is 6.33 Å². The third-order valence-corrected chi connectivity index (χ3v) is 3.11. The van der Waals surface area contributed by atoms with E-state index in [9.17, 15) is 0 Å². The van der Waals surface area contributed by atoms with Crippen LogP contribution in [0.2, 0.25) is 0 Å². The molecule has 1 heterocycles. The van der Waals surface area contributed by atoms with Gasteiger partial charge < -0.3 is 10.2 Å². The highest BCUT2D eigenvalue weighted by Gasteiger charge is 2.06. The van der Waals surface area contributed by atoms with Crippen LogP contribution in [0.15, 0.2) is 36.7 Å². The number of hydrogen-bond acceptors (Lipinski definition) is 4. The van der Waals surface area contributed by atoms with E-state index in [1.807, 2.05) is 20.2 Å². The van der Waals surface area contributed by atoms with Crippen LogP contribution in [-0.2, 0) is 6.42 Å². The predicted molar refractivity (Wildman–Crippen MR) is 80.1 cm³/mol. The van der Waals surface area contributed by atoms with Gasteiger partial charge in [-0.1, -0.05) is 25.5 Å². The fourth-order valence-corrected chi connectivity index (χ4v) is 1.97. The number of nitrogens with one attached hydrogen (secondary N) is 1. The van der Waals surface area contributed by atoms with E-state index in [2.05, 4.69) is 51.4 Å².